The van der Waals surface area contributed by atoms with Gasteiger partial charge >= 0.3 is 5.97 Å². The van der Waals surface area contributed by atoms with Crippen molar-refractivity contribution in [3.8, 4) is 0 Å². The molecule has 0 aromatic heterocycles. The standard InChI is InChI=1S/C20H22N2O6S/c1-14-8-10-16(11-9-14)29(26,27)22(3)12-20(25)28-13-19(24)21-18-7-5-4-6-17(18)15(2)23/h4-11H,12-13H2,1-3H3,(H,21,24). The van der Waals surface area contributed by atoms with Gasteiger partial charge in [-0.15, -0.1) is 0 Å². The predicted molar refractivity (Wildman–Crippen MR) is 107 cm³/mol. The van der Waals surface area contributed by atoms with Crippen LogP contribution >= 0.6 is 0 Å². The van der Waals surface area contributed by atoms with E-state index in [2.05, 4.69) is 5.32 Å². The molecule has 8 nitrogen and oxygen atoms in total. The second kappa shape index (κ2) is 9.44. The first-order valence-electron chi connectivity index (χ1n) is 8.69. The summed E-state index contributed by atoms with van der Waals surface area (Å²) in [6, 6.07) is 12.6. The maximum absolute atomic E-state index is 12.5. The Morgan fingerprint density at radius 3 is 2.28 bits per heavy atom. The highest BCUT2D eigenvalue weighted by Gasteiger charge is 2.23. The van der Waals surface area contributed by atoms with Crippen molar-refractivity contribution in [2.24, 2.45) is 0 Å². The van der Waals surface area contributed by atoms with Crippen molar-refractivity contribution in [2.75, 3.05) is 25.5 Å². The molecule has 0 spiro atoms. The number of Topliss-reactive ketones (excluding diaryl/α,β-unsaturated/α-hetero) is 1. The Morgan fingerprint density at radius 1 is 1.03 bits per heavy atom. The maximum atomic E-state index is 12.5. The lowest BCUT2D eigenvalue weighted by atomic mass is 10.1. The van der Waals surface area contributed by atoms with Crippen LogP contribution in [0.15, 0.2) is 53.4 Å². The van der Waals surface area contributed by atoms with Crippen LogP contribution in [-0.4, -0.2) is 50.6 Å². The zero-order chi connectivity index (χ0) is 21.6. The number of nitrogens with one attached hydrogen (secondary N) is 1. The van der Waals surface area contributed by atoms with Gasteiger partial charge in [0.15, 0.2) is 12.4 Å². The highest BCUT2D eigenvalue weighted by atomic mass is 32.2. The van der Waals surface area contributed by atoms with E-state index in [0.29, 0.717) is 11.3 Å². The zero-order valence-electron chi connectivity index (χ0n) is 16.3. The van der Waals surface area contributed by atoms with Crippen molar-refractivity contribution in [3.05, 3.63) is 59.7 Å². The summed E-state index contributed by atoms with van der Waals surface area (Å²) in [5, 5.41) is 2.49. The monoisotopic (exact) mass is 418 g/mol. The van der Waals surface area contributed by atoms with E-state index in [0.717, 1.165) is 9.87 Å². The second-order valence-corrected chi connectivity index (χ2v) is 8.43. The number of benzene rings is 2. The van der Waals surface area contributed by atoms with Crippen molar-refractivity contribution >= 4 is 33.4 Å². The molecule has 1 N–H and O–H groups in total. The van der Waals surface area contributed by atoms with Crippen molar-refractivity contribution < 1.29 is 27.5 Å². The number of esters is 1. The number of aryl methyl sites for hydroxylation is 1. The van der Waals surface area contributed by atoms with Crippen LogP contribution in [-0.2, 0) is 24.3 Å². The van der Waals surface area contributed by atoms with Gasteiger partial charge in [-0.2, -0.15) is 4.31 Å². The Bertz CT molecular complexity index is 1020. The van der Waals surface area contributed by atoms with Crippen molar-refractivity contribution in [1.29, 1.82) is 0 Å². The summed E-state index contributed by atoms with van der Waals surface area (Å²) < 4.78 is 30.6. The van der Waals surface area contributed by atoms with Crippen molar-refractivity contribution in [3.63, 3.8) is 0 Å². The fraction of sp³-hybridized carbons (Fsp3) is 0.250. The van der Waals surface area contributed by atoms with Crippen LogP contribution in [0.25, 0.3) is 0 Å². The van der Waals surface area contributed by atoms with Gasteiger partial charge in [0.2, 0.25) is 10.0 Å². The summed E-state index contributed by atoms with van der Waals surface area (Å²) in [6.45, 7) is 2.05. The summed E-state index contributed by atoms with van der Waals surface area (Å²) in [4.78, 5) is 35.6. The third-order valence-corrected chi connectivity index (χ3v) is 5.84. The Morgan fingerprint density at radius 2 is 1.66 bits per heavy atom. The normalized spacial score (nSPS) is 11.2. The second-order valence-electron chi connectivity index (χ2n) is 6.38. The van der Waals surface area contributed by atoms with Gasteiger partial charge in [-0.25, -0.2) is 8.42 Å². The molecule has 9 heteroatoms. The van der Waals surface area contributed by atoms with Crippen LogP contribution in [0.3, 0.4) is 0 Å². The highest BCUT2D eigenvalue weighted by molar-refractivity contribution is 7.89. The summed E-state index contributed by atoms with van der Waals surface area (Å²) in [7, 11) is -2.61. The molecular formula is C20H22N2O6S. The van der Waals surface area contributed by atoms with Gasteiger partial charge in [0.1, 0.15) is 6.54 Å². The van der Waals surface area contributed by atoms with Crippen LogP contribution in [0.5, 0.6) is 0 Å². The van der Waals surface area contributed by atoms with E-state index in [1.165, 1.54) is 26.1 Å². The number of ketones is 1. The molecule has 2 aromatic rings. The van der Waals surface area contributed by atoms with Crippen LogP contribution in [0, 0.1) is 6.92 Å². The van der Waals surface area contributed by atoms with Gasteiger partial charge in [-0.05, 0) is 38.1 Å². The number of hydrogen-bond acceptors (Lipinski definition) is 6. The number of carbonyl (C=O) groups excluding carboxylic acids is 3. The molecule has 0 aliphatic heterocycles. The van der Waals surface area contributed by atoms with Gasteiger partial charge in [-0.1, -0.05) is 29.8 Å². The number of likely N-dealkylation sites (N-methyl/N-ethyl adjacent to an activating group) is 1. The Hall–Kier alpha value is -3.04. The maximum Gasteiger partial charge on any atom is 0.321 e. The van der Waals surface area contributed by atoms with Gasteiger partial charge in [0.05, 0.1) is 10.6 Å². The fourth-order valence-electron chi connectivity index (χ4n) is 2.43. The molecule has 0 saturated heterocycles. The van der Waals surface area contributed by atoms with E-state index >= 15 is 0 Å². The molecule has 2 rings (SSSR count). The number of amides is 1. The fourth-order valence-corrected chi connectivity index (χ4v) is 3.55. The van der Waals surface area contributed by atoms with E-state index < -0.39 is 35.1 Å². The lowest BCUT2D eigenvalue weighted by molar-refractivity contribution is -0.147. The zero-order valence-corrected chi connectivity index (χ0v) is 17.2. The molecule has 1 amide bonds. The smallest absolute Gasteiger partial charge is 0.321 e. The van der Waals surface area contributed by atoms with E-state index in [1.54, 1.807) is 36.4 Å². The van der Waals surface area contributed by atoms with E-state index in [1.807, 2.05) is 6.92 Å². The average Bonchev–Trinajstić information content (AvgIpc) is 2.67. The number of hydrogen-bond donors (Lipinski definition) is 1. The first-order chi connectivity index (χ1) is 13.6. The molecule has 154 valence electrons. The minimum absolute atomic E-state index is 0.0528. The summed E-state index contributed by atoms with van der Waals surface area (Å²) in [6.07, 6.45) is 0. The van der Waals surface area contributed by atoms with Gasteiger partial charge < -0.3 is 10.1 Å². The Kier molecular flexibility index (Phi) is 7.24. The van der Waals surface area contributed by atoms with Crippen LogP contribution < -0.4 is 5.32 Å². The number of ether oxygens (including phenoxy) is 1. The molecule has 2 aromatic carbocycles. The Balaban J connectivity index is 1.91. The number of para-hydroxylation sites is 1. The van der Waals surface area contributed by atoms with E-state index in [9.17, 15) is 22.8 Å². The minimum atomic E-state index is -3.86. The molecule has 0 unspecified atom stereocenters. The molecule has 0 aliphatic rings. The van der Waals surface area contributed by atoms with Crippen LogP contribution in [0.4, 0.5) is 5.69 Å². The SMILES string of the molecule is CC(=O)c1ccccc1NC(=O)COC(=O)CN(C)S(=O)(=O)c1ccc(C)cc1. The summed E-state index contributed by atoms with van der Waals surface area (Å²) in [5.41, 5.74) is 1.54. The Labute approximate surface area is 169 Å². The number of anilines is 1. The molecule has 0 radical (unpaired) electrons. The quantitative estimate of drug-likeness (QED) is 0.519. The van der Waals surface area contributed by atoms with Gasteiger partial charge in [0.25, 0.3) is 5.91 Å². The number of nitrogens with zero attached hydrogens (tertiary/aromatic N) is 1. The van der Waals surface area contributed by atoms with Crippen molar-refractivity contribution in [2.45, 2.75) is 18.7 Å². The third kappa shape index (κ3) is 5.97. The largest absolute Gasteiger partial charge is 0.455 e. The lowest BCUT2D eigenvalue weighted by Crippen LogP contribution is -2.34. The first-order valence-corrected chi connectivity index (χ1v) is 10.1. The molecule has 0 fully saturated rings. The summed E-state index contributed by atoms with van der Waals surface area (Å²) in [5.74, 6) is -1.74. The van der Waals surface area contributed by atoms with Crippen LogP contribution in [0.2, 0.25) is 0 Å². The molecule has 0 atom stereocenters. The molecule has 0 aliphatic carbocycles. The third-order valence-electron chi connectivity index (χ3n) is 4.03. The average molecular weight is 418 g/mol. The summed E-state index contributed by atoms with van der Waals surface area (Å²) >= 11 is 0. The van der Waals surface area contributed by atoms with Gasteiger partial charge in [-0.3, -0.25) is 14.4 Å². The first kappa shape index (κ1) is 22.3. The number of sulfonamides is 1. The van der Waals surface area contributed by atoms with E-state index in [4.69, 9.17) is 4.74 Å². The van der Waals surface area contributed by atoms with Crippen LogP contribution in [0.1, 0.15) is 22.8 Å². The van der Waals surface area contributed by atoms with Crippen molar-refractivity contribution in [1.82, 2.24) is 4.31 Å². The lowest BCUT2D eigenvalue weighted by Gasteiger charge is -2.16. The molecule has 29 heavy (non-hydrogen) atoms. The topological polar surface area (TPSA) is 110 Å². The minimum Gasteiger partial charge on any atom is -0.455 e. The molecule has 0 heterocycles. The van der Waals surface area contributed by atoms with E-state index in [-0.39, 0.29) is 10.7 Å². The molecule has 0 bridgehead atoms. The molecule has 0 saturated carbocycles. The highest BCUT2D eigenvalue weighted by Crippen LogP contribution is 2.16. The predicted octanol–water partition coefficient (Wildman–Crippen LogP) is 2.00. The number of rotatable bonds is 8. The number of carbonyl (C=O) groups is 3. The van der Waals surface area contributed by atoms with Gasteiger partial charge in [0, 0.05) is 12.6 Å². The molecular weight excluding hydrogens is 396 g/mol.